The van der Waals surface area contributed by atoms with Crippen LogP contribution in [0.1, 0.15) is 64.2 Å². The molecule has 19 heavy (non-hydrogen) atoms. The van der Waals surface area contributed by atoms with Gasteiger partial charge in [0.25, 0.3) is 0 Å². The number of hydrogen-bond donors (Lipinski definition) is 0. The van der Waals surface area contributed by atoms with Gasteiger partial charge in [0, 0.05) is 13.5 Å². The Kier molecular flexibility index (Phi) is 4.26. The monoisotopic (exact) mass is 264 g/mol. The van der Waals surface area contributed by atoms with Crippen molar-refractivity contribution in [1.82, 2.24) is 0 Å². The van der Waals surface area contributed by atoms with Gasteiger partial charge < -0.3 is 4.74 Å². The second kappa shape index (κ2) is 5.95. The molecule has 3 aliphatic carbocycles. The normalized spacial score (nSPS) is 36.6. The van der Waals surface area contributed by atoms with Crippen LogP contribution in [0.25, 0.3) is 0 Å². The molecule has 2 nitrogen and oxygen atoms in total. The van der Waals surface area contributed by atoms with Gasteiger partial charge in [0.15, 0.2) is 5.78 Å². The van der Waals surface area contributed by atoms with E-state index in [1.165, 1.54) is 57.8 Å². The molecule has 0 aliphatic heterocycles. The van der Waals surface area contributed by atoms with Gasteiger partial charge in [0.1, 0.15) is 6.10 Å². The first-order valence-electron chi connectivity index (χ1n) is 8.33. The zero-order chi connectivity index (χ0) is 13.2. The largest absolute Gasteiger partial charge is 0.373 e. The summed E-state index contributed by atoms with van der Waals surface area (Å²) in [6.45, 7) is 0. The summed E-state index contributed by atoms with van der Waals surface area (Å²) in [5.41, 5.74) is 0. The van der Waals surface area contributed by atoms with Crippen LogP contribution in [0.4, 0.5) is 0 Å². The smallest absolute Gasteiger partial charge is 0.162 e. The average Bonchev–Trinajstić information content (AvgIpc) is 3.03. The third-order valence-electron chi connectivity index (χ3n) is 6.00. The number of fused-ring (bicyclic) bond motifs is 2. The number of ether oxygens (including phenoxy) is 1. The Balaban J connectivity index is 1.55. The Bertz CT molecular complexity index is 319. The summed E-state index contributed by atoms with van der Waals surface area (Å²) in [7, 11) is 1.73. The van der Waals surface area contributed by atoms with Gasteiger partial charge in [-0.3, -0.25) is 4.79 Å². The van der Waals surface area contributed by atoms with E-state index in [1.807, 2.05) is 0 Å². The molecular formula is C17H28O2. The molecular weight excluding hydrogens is 236 g/mol. The van der Waals surface area contributed by atoms with Gasteiger partial charge >= 0.3 is 0 Å². The molecule has 2 bridgehead atoms. The number of Topliss-reactive ketones (excluding diaryl/α,β-unsaturated/α-hetero) is 1. The fourth-order valence-electron chi connectivity index (χ4n) is 5.02. The van der Waals surface area contributed by atoms with E-state index in [0.717, 1.165) is 18.3 Å². The van der Waals surface area contributed by atoms with Gasteiger partial charge in [0.05, 0.1) is 0 Å². The molecule has 0 N–H and O–H groups in total. The molecule has 0 aromatic rings. The van der Waals surface area contributed by atoms with E-state index in [0.29, 0.717) is 17.6 Å². The molecule has 0 saturated heterocycles. The van der Waals surface area contributed by atoms with E-state index in [1.54, 1.807) is 7.11 Å². The highest BCUT2D eigenvalue weighted by molar-refractivity contribution is 5.83. The van der Waals surface area contributed by atoms with E-state index in [-0.39, 0.29) is 6.10 Å². The van der Waals surface area contributed by atoms with Crippen molar-refractivity contribution in [2.24, 2.45) is 23.7 Å². The lowest BCUT2D eigenvalue weighted by Crippen LogP contribution is -2.34. The molecule has 2 heteroatoms. The van der Waals surface area contributed by atoms with Crippen molar-refractivity contribution in [1.29, 1.82) is 0 Å². The van der Waals surface area contributed by atoms with E-state index >= 15 is 0 Å². The SMILES string of the molecule is COC(C(=O)CC1CC2CCC1C2)C1CCCCC1. The van der Waals surface area contributed by atoms with Crippen molar-refractivity contribution < 1.29 is 9.53 Å². The summed E-state index contributed by atoms with van der Waals surface area (Å²) in [6, 6.07) is 0. The predicted octanol–water partition coefficient (Wildman–Crippen LogP) is 3.98. The van der Waals surface area contributed by atoms with Crippen molar-refractivity contribution in [3.8, 4) is 0 Å². The summed E-state index contributed by atoms with van der Waals surface area (Å²) in [5, 5.41) is 0. The minimum Gasteiger partial charge on any atom is -0.373 e. The maximum atomic E-state index is 12.6. The molecule has 0 heterocycles. The van der Waals surface area contributed by atoms with Gasteiger partial charge in [-0.2, -0.15) is 0 Å². The van der Waals surface area contributed by atoms with Crippen LogP contribution in [0.2, 0.25) is 0 Å². The number of methoxy groups -OCH3 is 1. The summed E-state index contributed by atoms with van der Waals surface area (Å²) < 4.78 is 5.59. The van der Waals surface area contributed by atoms with Gasteiger partial charge in [-0.25, -0.2) is 0 Å². The van der Waals surface area contributed by atoms with Crippen LogP contribution in [0, 0.1) is 23.7 Å². The Labute approximate surface area is 117 Å². The van der Waals surface area contributed by atoms with Gasteiger partial charge in [-0.15, -0.1) is 0 Å². The third-order valence-corrected chi connectivity index (χ3v) is 6.00. The van der Waals surface area contributed by atoms with Crippen LogP contribution in [-0.2, 0) is 9.53 Å². The molecule has 0 amide bonds. The van der Waals surface area contributed by atoms with E-state index in [9.17, 15) is 4.79 Å². The summed E-state index contributed by atoms with van der Waals surface area (Å²) in [5.74, 6) is 3.40. The molecule has 3 rings (SSSR count). The van der Waals surface area contributed by atoms with Crippen molar-refractivity contribution in [3.05, 3.63) is 0 Å². The number of ketones is 1. The van der Waals surface area contributed by atoms with E-state index < -0.39 is 0 Å². The Morgan fingerprint density at radius 2 is 1.89 bits per heavy atom. The average molecular weight is 264 g/mol. The molecule has 4 atom stereocenters. The maximum absolute atomic E-state index is 12.6. The maximum Gasteiger partial charge on any atom is 0.162 e. The minimum atomic E-state index is -0.0978. The zero-order valence-electron chi connectivity index (χ0n) is 12.3. The van der Waals surface area contributed by atoms with Crippen LogP contribution in [0.5, 0.6) is 0 Å². The lowest BCUT2D eigenvalue weighted by atomic mass is 9.79. The van der Waals surface area contributed by atoms with Crippen LogP contribution >= 0.6 is 0 Å². The number of carbonyl (C=O) groups is 1. The van der Waals surface area contributed by atoms with E-state index in [4.69, 9.17) is 4.74 Å². The fraction of sp³-hybridized carbons (Fsp3) is 0.941. The van der Waals surface area contributed by atoms with Crippen molar-refractivity contribution in [3.63, 3.8) is 0 Å². The van der Waals surface area contributed by atoms with Crippen molar-refractivity contribution in [2.75, 3.05) is 7.11 Å². The molecule has 3 aliphatic rings. The molecule has 108 valence electrons. The standard InChI is InChI=1S/C17H28O2/c1-19-17(13-5-3-2-4-6-13)16(18)11-15-10-12-7-8-14(15)9-12/h12-15,17H,2-11H2,1H3. The van der Waals surface area contributed by atoms with E-state index in [2.05, 4.69) is 0 Å². The molecule has 0 spiro atoms. The molecule has 4 unspecified atom stereocenters. The number of hydrogen-bond acceptors (Lipinski definition) is 2. The highest BCUT2D eigenvalue weighted by Crippen LogP contribution is 2.49. The number of rotatable bonds is 5. The summed E-state index contributed by atoms with van der Waals surface area (Å²) in [4.78, 5) is 12.6. The van der Waals surface area contributed by atoms with Crippen LogP contribution in [0.15, 0.2) is 0 Å². The molecule has 0 radical (unpaired) electrons. The predicted molar refractivity (Wildman–Crippen MR) is 75.9 cm³/mol. The topological polar surface area (TPSA) is 26.3 Å². The van der Waals surface area contributed by atoms with Crippen LogP contribution < -0.4 is 0 Å². The lowest BCUT2D eigenvalue weighted by molar-refractivity contribution is -0.134. The minimum absolute atomic E-state index is 0.0978. The molecule has 3 saturated carbocycles. The first-order valence-corrected chi connectivity index (χ1v) is 8.33. The molecule has 0 aromatic carbocycles. The highest BCUT2D eigenvalue weighted by atomic mass is 16.5. The Morgan fingerprint density at radius 1 is 1.11 bits per heavy atom. The van der Waals surface area contributed by atoms with Crippen molar-refractivity contribution >= 4 is 5.78 Å². The summed E-state index contributed by atoms with van der Waals surface area (Å²) >= 11 is 0. The lowest BCUT2D eigenvalue weighted by Gasteiger charge is -2.30. The highest BCUT2D eigenvalue weighted by Gasteiger charge is 2.41. The van der Waals surface area contributed by atoms with Crippen molar-refractivity contribution in [2.45, 2.75) is 70.3 Å². The van der Waals surface area contributed by atoms with Crippen LogP contribution in [0.3, 0.4) is 0 Å². The number of carbonyl (C=O) groups excluding carboxylic acids is 1. The first kappa shape index (κ1) is 13.6. The Morgan fingerprint density at radius 3 is 2.47 bits per heavy atom. The van der Waals surface area contributed by atoms with Gasteiger partial charge in [-0.1, -0.05) is 25.7 Å². The third kappa shape index (κ3) is 2.89. The summed E-state index contributed by atoms with van der Waals surface area (Å²) in [6.07, 6.45) is 12.5. The van der Waals surface area contributed by atoms with Crippen LogP contribution in [-0.4, -0.2) is 19.0 Å². The Hall–Kier alpha value is -0.370. The zero-order valence-corrected chi connectivity index (χ0v) is 12.3. The molecule has 3 fully saturated rings. The second-order valence-electron chi connectivity index (χ2n) is 7.16. The quantitative estimate of drug-likeness (QED) is 0.751. The molecule has 0 aromatic heterocycles. The van der Waals surface area contributed by atoms with Gasteiger partial charge in [-0.05, 0) is 55.8 Å². The van der Waals surface area contributed by atoms with Gasteiger partial charge in [0.2, 0.25) is 0 Å². The second-order valence-corrected chi connectivity index (χ2v) is 7.16. The fourth-order valence-corrected chi connectivity index (χ4v) is 5.02. The first-order chi connectivity index (χ1) is 9.28.